The Kier molecular flexibility index (Phi) is 7.48. The lowest BCUT2D eigenvalue weighted by Crippen LogP contribution is -2.23. The fourth-order valence-electron chi connectivity index (χ4n) is 3.02. The third-order valence-electron chi connectivity index (χ3n) is 4.69. The van der Waals surface area contributed by atoms with Crippen LogP contribution >= 0.6 is 22.6 Å². The highest BCUT2D eigenvalue weighted by Gasteiger charge is 2.17. The minimum atomic E-state index is -3.48. The van der Waals surface area contributed by atoms with E-state index < -0.39 is 21.7 Å². The van der Waals surface area contributed by atoms with Crippen LogP contribution in [0.25, 0.3) is 0 Å². The number of nitrogens with zero attached hydrogens (tertiary/aromatic N) is 2. The molecule has 0 atom stereocenters. The summed E-state index contributed by atoms with van der Waals surface area (Å²) in [4.78, 5) is 0. The summed E-state index contributed by atoms with van der Waals surface area (Å²) in [5.41, 5.74) is 1.17. The van der Waals surface area contributed by atoms with E-state index in [2.05, 4.69) is 0 Å². The minimum absolute atomic E-state index is 0.0148. The van der Waals surface area contributed by atoms with E-state index in [9.17, 15) is 22.5 Å². The lowest BCUT2D eigenvalue weighted by atomic mass is 9.99. The van der Waals surface area contributed by atoms with Crippen LogP contribution in [0.15, 0.2) is 54.6 Å². The highest BCUT2D eigenvalue weighted by Crippen LogP contribution is 2.31. The second kappa shape index (κ2) is 9.94. The predicted octanol–water partition coefficient (Wildman–Crippen LogP) is 5.22. The SMILES string of the molecule is CN(C)S(=O)(=O)Cc1cccc(Oc2cc(F)cc(Cc3ccc(I)cc3F)c2C#N)c1. The average molecular weight is 568 g/mol. The van der Waals surface area contributed by atoms with Gasteiger partial charge in [-0.05, 0) is 69.6 Å². The highest BCUT2D eigenvalue weighted by atomic mass is 127. The molecule has 3 aromatic carbocycles. The van der Waals surface area contributed by atoms with E-state index in [0.29, 0.717) is 11.1 Å². The van der Waals surface area contributed by atoms with E-state index in [1.165, 1.54) is 32.3 Å². The second-order valence-electron chi connectivity index (χ2n) is 7.25. The fourth-order valence-corrected chi connectivity index (χ4v) is 4.33. The first kappa shape index (κ1) is 24.1. The van der Waals surface area contributed by atoms with Crippen LogP contribution in [0, 0.1) is 26.5 Å². The summed E-state index contributed by atoms with van der Waals surface area (Å²) in [6.45, 7) is 0. The molecule has 0 bridgehead atoms. The molecule has 0 saturated carbocycles. The summed E-state index contributed by atoms with van der Waals surface area (Å²) in [5.74, 6) is -1.08. The number of ether oxygens (including phenoxy) is 1. The average Bonchev–Trinajstić information content (AvgIpc) is 2.70. The third-order valence-corrected chi connectivity index (χ3v) is 7.17. The first-order valence-electron chi connectivity index (χ1n) is 9.42. The fraction of sp³-hybridized carbons (Fsp3) is 0.174. The van der Waals surface area contributed by atoms with Crippen LogP contribution in [0.1, 0.15) is 22.3 Å². The van der Waals surface area contributed by atoms with Crippen molar-refractivity contribution in [3.05, 3.63) is 92.1 Å². The number of sulfonamides is 1. The Hall–Kier alpha value is -2.55. The molecule has 32 heavy (non-hydrogen) atoms. The summed E-state index contributed by atoms with van der Waals surface area (Å²) >= 11 is 1.99. The van der Waals surface area contributed by atoms with Crippen molar-refractivity contribution in [2.45, 2.75) is 12.2 Å². The number of benzene rings is 3. The summed E-state index contributed by atoms with van der Waals surface area (Å²) < 4.78 is 60.5. The molecule has 0 N–H and O–H groups in total. The zero-order valence-electron chi connectivity index (χ0n) is 17.3. The van der Waals surface area contributed by atoms with Gasteiger partial charge in [0.1, 0.15) is 29.2 Å². The van der Waals surface area contributed by atoms with E-state index in [4.69, 9.17) is 4.74 Å². The first-order valence-corrected chi connectivity index (χ1v) is 12.1. The molecule has 5 nitrogen and oxygen atoms in total. The monoisotopic (exact) mass is 568 g/mol. The van der Waals surface area contributed by atoms with Crippen molar-refractivity contribution in [3.8, 4) is 17.6 Å². The van der Waals surface area contributed by atoms with E-state index in [0.717, 1.165) is 13.9 Å². The lowest BCUT2D eigenvalue weighted by molar-refractivity contribution is 0.473. The maximum Gasteiger partial charge on any atom is 0.217 e. The van der Waals surface area contributed by atoms with Crippen molar-refractivity contribution in [2.24, 2.45) is 0 Å². The predicted molar refractivity (Wildman–Crippen MR) is 126 cm³/mol. The molecule has 0 aliphatic heterocycles. The first-order chi connectivity index (χ1) is 15.1. The Bertz CT molecular complexity index is 1310. The topological polar surface area (TPSA) is 70.4 Å². The maximum absolute atomic E-state index is 14.3. The molecule has 3 rings (SSSR count). The lowest BCUT2D eigenvalue weighted by Gasteiger charge is -2.14. The Morgan fingerprint density at radius 3 is 2.47 bits per heavy atom. The van der Waals surface area contributed by atoms with Gasteiger partial charge >= 0.3 is 0 Å². The van der Waals surface area contributed by atoms with Crippen LogP contribution in [0.2, 0.25) is 0 Å². The summed E-state index contributed by atoms with van der Waals surface area (Å²) in [6.07, 6.45) is 0.0148. The van der Waals surface area contributed by atoms with Gasteiger partial charge in [0.2, 0.25) is 10.0 Å². The quantitative estimate of drug-likeness (QED) is 0.367. The maximum atomic E-state index is 14.3. The van der Waals surface area contributed by atoms with Crippen LogP contribution in [-0.2, 0) is 22.2 Å². The number of hydrogen-bond donors (Lipinski definition) is 0. The van der Waals surface area contributed by atoms with Gasteiger partial charge in [0.05, 0.1) is 11.3 Å². The molecule has 9 heteroatoms. The van der Waals surface area contributed by atoms with Crippen molar-refractivity contribution < 1.29 is 21.9 Å². The molecule has 0 saturated heterocycles. The molecule has 166 valence electrons. The number of hydrogen-bond acceptors (Lipinski definition) is 4. The van der Waals surface area contributed by atoms with Gasteiger partial charge in [-0.15, -0.1) is 0 Å². The van der Waals surface area contributed by atoms with Gasteiger partial charge < -0.3 is 4.74 Å². The van der Waals surface area contributed by atoms with Crippen LogP contribution < -0.4 is 4.74 Å². The van der Waals surface area contributed by atoms with Crippen LogP contribution in [0.3, 0.4) is 0 Å². The molecule has 3 aromatic rings. The molecule has 0 aliphatic rings. The van der Waals surface area contributed by atoms with Gasteiger partial charge in [-0.25, -0.2) is 21.5 Å². The van der Waals surface area contributed by atoms with E-state index in [1.807, 2.05) is 28.7 Å². The summed E-state index contributed by atoms with van der Waals surface area (Å²) in [7, 11) is -0.591. The van der Waals surface area contributed by atoms with Gasteiger partial charge in [0, 0.05) is 30.2 Å². The second-order valence-corrected chi connectivity index (χ2v) is 10.7. The molecule has 0 aliphatic carbocycles. The molecule has 0 unspecified atom stereocenters. The number of halogens is 3. The molecule has 0 amide bonds. The standard InChI is InChI=1S/C23H19F2IN2O3S/c1-28(2)32(29,30)14-15-4-3-5-20(8-15)31-23-11-18(24)10-17(21(23)13-27)9-16-6-7-19(26)12-22(16)25/h3-8,10-12H,9,14H2,1-2H3. The van der Waals surface area contributed by atoms with Crippen molar-refractivity contribution in [1.29, 1.82) is 5.26 Å². The zero-order chi connectivity index (χ0) is 23.5. The molecule has 0 aromatic heterocycles. The Balaban J connectivity index is 1.94. The molecule has 0 fully saturated rings. The summed E-state index contributed by atoms with van der Waals surface area (Å²) in [5, 5.41) is 9.70. The zero-order valence-corrected chi connectivity index (χ0v) is 20.2. The normalized spacial score (nSPS) is 11.4. The van der Waals surface area contributed by atoms with Crippen molar-refractivity contribution in [1.82, 2.24) is 4.31 Å². The minimum Gasteiger partial charge on any atom is -0.456 e. The van der Waals surface area contributed by atoms with Crippen LogP contribution in [-0.4, -0.2) is 26.8 Å². The molecule has 0 radical (unpaired) electrons. The van der Waals surface area contributed by atoms with Crippen molar-refractivity contribution >= 4 is 32.6 Å². The largest absolute Gasteiger partial charge is 0.456 e. The number of rotatable bonds is 7. The van der Waals surface area contributed by atoms with Crippen LogP contribution in [0.4, 0.5) is 8.78 Å². The van der Waals surface area contributed by atoms with Gasteiger partial charge in [0.15, 0.2) is 0 Å². The molecule has 0 spiro atoms. The Morgan fingerprint density at radius 2 is 1.81 bits per heavy atom. The van der Waals surface area contributed by atoms with Crippen molar-refractivity contribution in [2.75, 3.05) is 14.1 Å². The van der Waals surface area contributed by atoms with E-state index in [-0.39, 0.29) is 34.8 Å². The highest BCUT2D eigenvalue weighted by molar-refractivity contribution is 14.1. The van der Waals surface area contributed by atoms with Gasteiger partial charge in [-0.2, -0.15) is 5.26 Å². The third kappa shape index (κ3) is 5.82. The van der Waals surface area contributed by atoms with Crippen LogP contribution in [0.5, 0.6) is 11.5 Å². The Labute approximate surface area is 199 Å². The van der Waals surface area contributed by atoms with E-state index in [1.54, 1.807) is 30.3 Å². The van der Waals surface area contributed by atoms with Crippen molar-refractivity contribution in [3.63, 3.8) is 0 Å². The van der Waals surface area contributed by atoms with Gasteiger partial charge in [0.25, 0.3) is 0 Å². The van der Waals surface area contributed by atoms with Gasteiger partial charge in [-0.1, -0.05) is 18.2 Å². The smallest absolute Gasteiger partial charge is 0.217 e. The molecular weight excluding hydrogens is 549 g/mol. The molecular formula is C23H19F2IN2O3S. The Morgan fingerprint density at radius 1 is 1.06 bits per heavy atom. The summed E-state index contributed by atoms with van der Waals surface area (Å²) in [6, 6.07) is 15.3. The van der Waals surface area contributed by atoms with E-state index >= 15 is 0 Å². The van der Waals surface area contributed by atoms with Gasteiger partial charge in [-0.3, -0.25) is 0 Å². The molecule has 0 heterocycles. The number of nitriles is 1.